The molecule has 0 aliphatic rings. The Morgan fingerprint density at radius 1 is 1.29 bits per heavy atom. The number of benzene rings is 1. The van der Waals surface area contributed by atoms with E-state index in [0.29, 0.717) is 11.0 Å². The summed E-state index contributed by atoms with van der Waals surface area (Å²) in [7, 11) is -3.84. The summed E-state index contributed by atoms with van der Waals surface area (Å²) in [5.74, 6) is -0.378. The lowest BCUT2D eigenvalue weighted by Gasteiger charge is -2.07. The zero-order valence-corrected chi connectivity index (χ0v) is 15.3. The Labute approximate surface area is 142 Å². The van der Waals surface area contributed by atoms with Crippen molar-refractivity contribution in [2.45, 2.75) is 11.4 Å². The number of rotatable bonds is 4. The molecule has 5 nitrogen and oxygen atoms in total. The number of thiophene rings is 1. The number of halogens is 2. The van der Waals surface area contributed by atoms with Gasteiger partial charge >= 0.3 is 0 Å². The first-order valence-corrected chi connectivity index (χ1v) is 9.62. The Morgan fingerprint density at radius 2 is 2.00 bits per heavy atom. The maximum atomic E-state index is 12.1. The molecule has 0 saturated carbocycles. The van der Waals surface area contributed by atoms with Crippen LogP contribution in [0.3, 0.4) is 0 Å². The van der Waals surface area contributed by atoms with Crippen LogP contribution in [0.25, 0.3) is 0 Å². The first kappa shape index (κ1) is 16.6. The van der Waals surface area contributed by atoms with Gasteiger partial charge in [0.05, 0.1) is 17.0 Å². The Morgan fingerprint density at radius 3 is 2.57 bits per heavy atom. The van der Waals surface area contributed by atoms with Gasteiger partial charge in [0, 0.05) is 19.2 Å². The van der Waals surface area contributed by atoms with Crippen LogP contribution in [-0.4, -0.2) is 14.3 Å². The standard InChI is InChI=1S/C12H10Br2N2O3S2/c13-7-3-8(20-6-7)5-16-12(17)10-4-9(21(15,18)19)1-2-11(10)14/h1-4,6H,5H2,(H,16,17)(H2,15,18,19). The molecule has 21 heavy (non-hydrogen) atoms. The van der Waals surface area contributed by atoms with E-state index < -0.39 is 10.0 Å². The van der Waals surface area contributed by atoms with E-state index in [1.165, 1.54) is 29.5 Å². The zero-order valence-electron chi connectivity index (χ0n) is 10.5. The lowest BCUT2D eigenvalue weighted by Crippen LogP contribution is -2.23. The van der Waals surface area contributed by atoms with E-state index in [1.54, 1.807) is 0 Å². The fourth-order valence-corrected chi connectivity index (χ4v) is 3.92. The molecule has 112 valence electrons. The molecule has 0 fully saturated rings. The van der Waals surface area contributed by atoms with Gasteiger partial charge in [-0.2, -0.15) is 0 Å². The van der Waals surface area contributed by atoms with Crippen molar-refractivity contribution in [1.29, 1.82) is 0 Å². The van der Waals surface area contributed by atoms with E-state index in [1.807, 2.05) is 11.4 Å². The molecule has 0 aliphatic carbocycles. The van der Waals surface area contributed by atoms with Crippen molar-refractivity contribution < 1.29 is 13.2 Å². The third-order valence-electron chi connectivity index (χ3n) is 2.56. The van der Waals surface area contributed by atoms with Crippen molar-refractivity contribution in [3.05, 3.63) is 49.0 Å². The Bertz CT molecular complexity index is 788. The summed E-state index contributed by atoms with van der Waals surface area (Å²) in [5.41, 5.74) is 0.220. The van der Waals surface area contributed by atoms with E-state index in [0.717, 1.165) is 9.35 Å². The molecule has 9 heteroatoms. The predicted octanol–water partition coefficient (Wildman–Crippen LogP) is 2.85. The van der Waals surface area contributed by atoms with Crippen LogP contribution in [0.1, 0.15) is 15.2 Å². The van der Waals surface area contributed by atoms with Crippen molar-refractivity contribution in [3.63, 3.8) is 0 Å². The van der Waals surface area contributed by atoms with Gasteiger partial charge in [0.2, 0.25) is 10.0 Å². The van der Waals surface area contributed by atoms with Gasteiger partial charge in [0.1, 0.15) is 0 Å². The summed E-state index contributed by atoms with van der Waals surface area (Å²) >= 11 is 8.07. The van der Waals surface area contributed by atoms with Crippen LogP contribution in [0.2, 0.25) is 0 Å². The van der Waals surface area contributed by atoms with Gasteiger partial charge in [-0.15, -0.1) is 11.3 Å². The fraction of sp³-hybridized carbons (Fsp3) is 0.0833. The first-order chi connectivity index (χ1) is 9.77. The van der Waals surface area contributed by atoms with Crippen LogP contribution < -0.4 is 10.5 Å². The second kappa shape index (κ2) is 6.57. The second-order valence-electron chi connectivity index (χ2n) is 4.10. The number of hydrogen-bond donors (Lipinski definition) is 2. The van der Waals surface area contributed by atoms with E-state index >= 15 is 0 Å². The third kappa shape index (κ3) is 4.36. The smallest absolute Gasteiger partial charge is 0.252 e. The summed E-state index contributed by atoms with van der Waals surface area (Å²) in [5, 5.41) is 9.71. The molecule has 0 aliphatic heterocycles. The number of hydrogen-bond acceptors (Lipinski definition) is 4. The summed E-state index contributed by atoms with van der Waals surface area (Å²) in [6.07, 6.45) is 0. The monoisotopic (exact) mass is 452 g/mol. The zero-order chi connectivity index (χ0) is 15.6. The quantitative estimate of drug-likeness (QED) is 0.745. The van der Waals surface area contributed by atoms with Gasteiger partial charge in [0.15, 0.2) is 0 Å². The maximum Gasteiger partial charge on any atom is 0.252 e. The van der Waals surface area contributed by atoms with E-state index in [2.05, 4.69) is 37.2 Å². The average Bonchev–Trinajstić information content (AvgIpc) is 2.81. The number of carbonyl (C=O) groups is 1. The Kier molecular flexibility index (Phi) is 5.20. The SMILES string of the molecule is NS(=O)(=O)c1ccc(Br)c(C(=O)NCc2cc(Br)cs2)c1. The van der Waals surface area contributed by atoms with Crippen molar-refractivity contribution >= 4 is 59.1 Å². The van der Waals surface area contributed by atoms with Gasteiger partial charge in [-0.3, -0.25) is 4.79 Å². The molecule has 2 rings (SSSR count). The third-order valence-corrected chi connectivity index (χ3v) is 5.86. The van der Waals surface area contributed by atoms with Gasteiger partial charge < -0.3 is 5.32 Å². The largest absolute Gasteiger partial charge is 0.347 e. The summed E-state index contributed by atoms with van der Waals surface area (Å²) in [6.45, 7) is 0.362. The highest BCUT2D eigenvalue weighted by Crippen LogP contribution is 2.22. The molecule has 1 aromatic carbocycles. The lowest BCUT2D eigenvalue weighted by molar-refractivity contribution is 0.0950. The predicted molar refractivity (Wildman–Crippen MR) is 88.7 cm³/mol. The Hall–Kier alpha value is -0.740. The van der Waals surface area contributed by atoms with Gasteiger partial charge in [0.25, 0.3) is 5.91 Å². The number of carbonyl (C=O) groups excluding carboxylic acids is 1. The molecule has 2 aromatic rings. The molecule has 0 spiro atoms. The number of primary sulfonamides is 1. The first-order valence-electron chi connectivity index (χ1n) is 5.61. The molecule has 0 atom stereocenters. The molecular weight excluding hydrogens is 444 g/mol. The molecule has 0 radical (unpaired) electrons. The van der Waals surface area contributed by atoms with Crippen LogP contribution in [0.4, 0.5) is 0 Å². The van der Waals surface area contributed by atoms with Crippen LogP contribution in [-0.2, 0) is 16.6 Å². The minimum absolute atomic E-state index is 0.102. The average molecular weight is 454 g/mol. The topological polar surface area (TPSA) is 89.3 Å². The van der Waals surface area contributed by atoms with Crippen LogP contribution >= 0.6 is 43.2 Å². The molecule has 1 aromatic heterocycles. The van der Waals surface area contributed by atoms with E-state index in [4.69, 9.17) is 5.14 Å². The minimum Gasteiger partial charge on any atom is -0.347 e. The van der Waals surface area contributed by atoms with Crippen molar-refractivity contribution in [1.82, 2.24) is 5.32 Å². The van der Waals surface area contributed by atoms with Gasteiger partial charge in [-0.05, 0) is 56.1 Å². The summed E-state index contributed by atoms with van der Waals surface area (Å²) < 4.78 is 24.1. The highest BCUT2D eigenvalue weighted by molar-refractivity contribution is 9.10. The maximum absolute atomic E-state index is 12.1. The highest BCUT2D eigenvalue weighted by Gasteiger charge is 2.15. The molecular formula is C12H10Br2N2O3S2. The minimum atomic E-state index is -3.84. The number of sulfonamides is 1. The van der Waals surface area contributed by atoms with E-state index in [9.17, 15) is 13.2 Å². The van der Waals surface area contributed by atoms with Crippen molar-refractivity contribution in [3.8, 4) is 0 Å². The molecule has 0 bridgehead atoms. The molecule has 0 saturated heterocycles. The second-order valence-corrected chi connectivity index (χ2v) is 8.43. The van der Waals surface area contributed by atoms with Gasteiger partial charge in [-0.1, -0.05) is 0 Å². The van der Waals surface area contributed by atoms with Gasteiger partial charge in [-0.25, -0.2) is 13.6 Å². The van der Waals surface area contributed by atoms with Crippen molar-refractivity contribution in [2.75, 3.05) is 0 Å². The number of nitrogens with one attached hydrogen (secondary N) is 1. The molecule has 1 amide bonds. The van der Waals surface area contributed by atoms with Crippen LogP contribution in [0.5, 0.6) is 0 Å². The van der Waals surface area contributed by atoms with Crippen molar-refractivity contribution in [2.24, 2.45) is 5.14 Å². The highest BCUT2D eigenvalue weighted by atomic mass is 79.9. The number of nitrogens with two attached hydrogens (primary N) is 1. The van der Waals surface area contributed by atoms with Crippen LogP contribution in [0, 0.1) is 0 Å². The Balaban J connectivity index is 2.18. The van der Waals surface area contributed by atoms with E-state index in [-0.39, 0.29) is 16.4 Å². The summed E-state index contributed by atoms with van der Waals surface area (Å²) in [4.78, 5) is 13.0. The normalized spacial score (nSPS) is 11.4. The fourth-order valence-electron chi connectivity index (χ4n) is 1.56. The lowest BCUT2D eigenvalue weighted by atomic mass is 10.2. The summed E-state index contributed by atoms with van der Waals surface area (Å²) in [6, 6.07) is 5.98. The molecule has 3 N–H and O–H groups in total. The number of amides is 1. The molecule has 0 unspecified atom stereocenters. The van der Waals surface area contributed by atoms with Crippen LogP contribution in [0.15, 0.2) is 43.5 Å². The molecule has 1 heterocycles.